The molecule has 3 rings (SSSR count). The average Bonchev–Trinajstić information content (AvgIpc) is 2.84. The number of ether oxygens (including phenoxy) is 3. The number of benzene rings is 2. The molecule has 1 amide bonds. The van der Waals surface area contributed by atoms with Crippen molar-refractivity contribution in [1.29, 1.82) is 0 Å². The molecule has 0 fully saturated rings. The number of hydrogen-bond acceptors (Lipinski definition) is 6. The van der Waals surface area contributed by atoms with Gasteiger partial charge >= 0.3 is 0 Å². The van der Waals surface area contributed by atoms with Crippen LogP contribution in [0.25, 0.3) is 11.3 Å². The molecule has 0 spiro atoms. The highest BCUT2D eigenvalue weighted by molar-refractivity contribution is 5.95. The molecule has 7 heteroatoms. The van der Waals surface area contributed by atoms with E-state index in [9.17, 15) is 9.90 Å². The number of amides is 1. The van der Waals surface area contributed by atoms with Crippen LogP contribution in [-0.4, -0.2) is 49.0 Å². The molecule has 174 valence electrons. The van der Waals surface area contributed by atoms with E-state index in [1.807, 2.05) is 42.5 Å². The van der Waals surface area contributed by atoms with Gasteiger partial charge in [0.15, 0.2) is 11.5 Å². The van der Waals surface area contributed by atoms with E-state index in [4.69, 9.17) is 14.2 Å². The van der Waals surface area contributed by atoms with E-state index in [1.54, 1.807) is 46.3 Å². The highest BCUT2D eigenvalue weighted by Gasteiger charge is 2.20. The Hall–Kier alpha value is -3.58. The quantitative estimate of drug-likeness (QED) is 0.487. The van der Waals surface area contributed by atoms with Crippen LogP contribution in [0.5, 0.6) is 17.4 Å². The summed E-state index contributed by atoms with van der Waals surface area (Å²) < 4.78 is 16.5. The smallest absolute Gasteiger partial charge is 0.251 e. The zero-order valence-corrected chi connectivity index (χ0v) is 19.4. The van der Waals surface area contributed by atoms with Crippen LogP contribution in [0.1, 0.15) is 29.8 Å². The van der Waals surface area contributed by atoms with Crippen LogP contribution in [0.3, 0.4) is 0 Å². The minimum Gasteiger partial charge on any atom is -0.493 e. The lowest BCUT2D eigenvalue weighted by Crippen LogP contribution is -2.46. The van der Waals surface area contributed by atoms with Crippen LogP contribution >= 0.6 is 0 Å². The first-order chi connectivity index (χ1) is 15.8. The Labute approximate surface area is 194 Å². The summed E-state index contributed by atoms with van der Waals surface area (Å²) in [5.74, 6) is 1.62. The van der Waals surface area contributed by atoms with Crippen molar-refractivity contribution in [1.82, 2.24) is 10.3 Å². The number of aliphatic hydroxyl groups is 1. The standard InChI is InChI=1S/C26H30N2O5/c1-26(2,17-29)28-25(30)20-8-5-7-19(16-20)21-9-6-10-24(27-21)33-14-13-18-11-12-22(31-3)23(15-18)32-4/h5-12,15-16,29H,13-14,17H2,1-4H3,(H,28,30). The SMILES string of the molecule is COc1ccc(CCOc2cccc(-c3cccc(C(=O)NC(C)(C)CO)c3)n2)cc1OC. The molecule has 3 aromatic rings. The summed E-state index contributed by atoms with van der Waals surface area (Å²) >= 11 is 0. The highest BCUT2D eigenvalue weighted by Crippen LogP contribution is 2.28. The third-order valence-corrected chi connectivity index (χ3v) is 5.08. The monoisotopic (exact) mass is 450 g/mol. The van der Waals surface area contributed by atoms with Crippen molar-refractivity contribution in [3.63, 3.8) is 0 Å². The number of nitrogens with one attached hydrogen (secondary N) is 1. The van der Waals surface area contributed by atoms with Crippen molar-refractivity contribution < 1.29 is 24.1 Å². The van der Waals surface area contributed by atoms with Crippen molar-refractivity contribution in [3.8, 4) is 28.6 Å². The van der Waals surface area contributed by atoms with Crippen molar-refractivity contribution in [2.24, 2.45) is 0 Å². The second-order valence-corrected chi connectivity index (χ2v) is 8.23. The van der Waals surface area contributed by atoms with Gasteiger partial charge < -0.3 is 24.6 Å². The zero-order chi connectivity index (χ0) is 23.8. The van der Waals surface area contributed by atoms with E-state index in [0.29, 0.717) is 41.7 Å². The number of methoxy groups -OCH3 is 2. The molecular weight excluding hydrogens is 420 g/mol. The lowest BCUT2D eigenvalue weighted by atomic mass is 10.0. The van der Waals surface area contributed by atoms with Gasteiger partial charge in [0.2, 0.25) is 5.88 Å². The highest BCUT2D eigenvalue weighted by atomic mass is 16.5. The number of rotatable bonds is 10. The lowest BCUT2D eigenvalue weighted by Gasteiger charge is -2.23. The first kappa shape index (κ1) is 24.1. The molecular formula is C26H30N2O5. The van der Waals surface area contributed by atoms with E-state index >= 15 is 0 Å². The molecule has 0 unspecified atom stereocenters. The van der Waals surface area contributed by atoms with E-state index in [0.717, 1.165) is 11.1 Å². The van der Waals surface area contributed by atoms with Crippen LogP contribution < -0.4 is 19.5 Å². The van der Waals surface area contributed by atoms with Gasteiger partial charge in [0.25, 0.3) is 5.91 Å². The number of carbonyl (C=O) groups is 1. The molecule has 0 atom stereocenters. The molecule has 7 nitrogen and oxygen atoms in total. The number of aromatic nitrogens is 1. The molecule has 0 saturated heterocycles. The third-order valence-electron chi connectivity index (χ3n) is 5.08. The molecule has 0 aliphatic rings. The predicted molar refractivity (Wildman–Crippen MR) is 127 cm³/mol. The minimum absolute atomic E-state index is 0.150. The van der Waals surface area contributed by atoms with E-state index in [-0.39, 0.29) is 12.5 Å². The van der Waals surface area contributed by atoms with E-state index in [2.05, 4.69) is 10.3 Å². The Kier molecular flexibility index (Phi) is 7.90. The van der Waals surface area contributed by atoms with Crippen molar-refractivity contribution in [3.05, 3.63) is 71.8 Å². The molecule has 1 heterocycles. The Balaban J connectivity index is 1.67. The zero-order valence-electron chi connectivity index (χ0n) is 19.4. The second kappa shape index (κ2) is 10.8. The Morgan fingerprint density at radius 1 is 1.00 bits per heavy atom. The van der Waals surface area contributed by atoms with Crippen LogP contribution in [0.4, 0.5) is 0 Å². The fraction of sp³-hybridized carbons (Fsp3) is 0.308. The predicted octanol–water partition coefficient (Wildman–Crippen LogP) is 3.89. The molecule has 2 N–H and O–H groups in total. The number of nitrogens with zero attached hydrogens (tertiary/aromatic N) is 1. The van der Waals surface area contributed by atoms with Gasteiger partial charge in [0, 0.05) is 23.6 Å². The maximum absolute atomic E-state index is 12.5. The average molecular weight is 451 g/mol. The molecule has 0 saturated carbocycles. The van der Waals surface area contributed by atoms with Crippen molar-refractivity contribution in [2.45, 2.75) is 25.8 Å². The summed E-state index contributed by atoms with van der Waals surface area (Å²) in [5.41, 5.74) is 2.36. The molecule has 33 heavy (non-hydrogen) atoms. The van der Waals surface area contributed by atoms with Gasteiger partial charge in [-0.1, -0.05) is 24.3 Å². The molecule has 0 aliphatic carbocycles. The Morgan fingerprint density at radius 3 is 2.48 bits per heavy atom. The summed E-state index contributed by atoms with van der Waals surface area (Å²) in [6.45, 7) is 3.82. The Morgan fingerprint density at radius 2 is 1.76 bits per heavy atom. The summed E-state index contributed by atoms with van der Waals surface area (Å²) in [7, 11) is 3.22. The van der Waals surface area contributed by atoms with Gasteiger partial charge in [-0.2, -0.15) is 0 Å². The largest absolute Gasteiger partial charge is 0.493 e. The van der Waals surface area contributed by atoms with Gasteiger partial charge in [0.05, 0.1) is 38.7 Å². The Bertz CT molecular complexity index is 1100. The second-order valence-electron chi connectivity index (χ2n) is 8.23. The van der Waals surface area contributed by atoms with Gasteiger partial charge in [-0.3, -0.25) is 4.79 Å². The first-order valence-corrected chi connectivity index (χ1v) is 10.7. The topological polar surface area (TPSA) is 89.9 Å². The van der Waals surface area contributed by atoms with Crippen molar-refractivity contribution in [2.75, 3.05) is 27.4 Å². The normalized spacial score (nSPS) is 11.1. The molecule has 0 bridgehead atoms. The van der Waals surface area contributed by atoms with Gasteiger partial charge in [-0.15, -0.1) is 0 Å². The molecule has 0 aliphatic heterocycles. The number of carbonyl (C=O) groups excluding carboxylic acids is 1. The van der Waals surface area contributed by atoms with Crippen LogP contribution in [0.15, 0.2) is 60.7 Å². The number of aliphatic hydroxyl groups excluding tert-OH is 1. The first-order valence-electron chi connectivity index (χ1n) is 10.7. The summed E-state index contributed by atoms with van der Waals surface area (Å²) in [6.07, 6.45) is 0.683. The maximum Gasteiger partial charge on any atom is 0.251 e. The van der Waals surface area contributed by atoms with Gasteiger partial charge in [-0.05, 0) is 49.7 Å². The molecule has 1 aromatic heterocycles. The number of pyridine rings is 1. The molecule has 2 aromatic carbocycles. The maximum atomic E-state index is 12.5. The summed E-state index contributed by atoms with van der Waals surface area (Å²) in [4.78, 5) is 17.1. The summed E-state index contributed by atoms with van der Waals surface area (Å²) in [6, 6.07) is 18.5. The minimum atomic E-state index is -0.701. The summed E-state index contributed by atoms with van der Waals surface area (Å²) in [5, 5.41) is 12.2. The van der Waals surface area contributed by atoms with Gasteiger partial charge in [-0.25, -0.2) is 4.98 Å². The third kappa shape index (κ3) is 6.46. The fourth-order valence-electron chi connectivity index (χ4n) is 3.20. The number of hydrogen-bond donors (Lipinski definition) is 2. The van der Waals surface area contributed by atoms with Crippen LogP contribution in [-0.2, 0) is 6.42 Å². The lowest BCUT2D eigenvalue weighted by molar-refractivity contribution is 0.0869. The van der Waals surface area contributed by atoms with Crippen LogP contribution in [0.2, 0.25) is 0 Å². The van der Waals surface area contributed by atoms with Crippen molar-refractivity contribution >= 4 is 5.91 Å². The fourth-order valence-corrected chi connectivity index (χ4v) is 3.20. The van der Waals surface area contributed by atoms with E-state index in [1.165, 1.54) is 0 Å². The van der Waals surface area contributed by atoms with E-state index < -0.39 is 5.54 Å². The van der Waals surface area contributed by atoms with Crippen LogP contribution in [0, 0.1) is 0 Å². The molecule has 0 radical (unpaired) electrons. The van der Waals surface area contributed by atoms with Gasteiger partial charge in [0.1, 0.15) is 0 Å².